The number of rotatable bonds is 2. The number of H-pyrrole nitrogens is 1. The van der Waals surface area contributed by atoms with Crippen LogP contribution in [0.4, 0.5) is 5.69 Å². The normalized spacial score (nSPS) is 18.0. The summed E-state index contributed by atoms with van der Waals surface area (Å²) in [6, 6.07) is 8.32. The summed E-state index contributed by atoms with van der Waals surface area (Å²) in [4.78, 5) is 6.04. The molecular weight excluding hydrogens is 222 g/mol. The molecule has 0 atom stereocenters. The third-order valence-corrected chi connectivity index (χ3v) is 3.79. The van der Waals surface area contributed by atoms with Crippen LogP contribution in [0.1, 0.15) is 31.4 Å². The Morgan fingerprint density at radius 3 is 2.61 bits per heavy atom. The van der Waals surface area contributed by atoms with Crippen molar-refractivity contribution in [2.24, 2.45) is 0 Å². The largest absolute Gasteiger partial charge is 0.399 e. The number of nitrogens with two attached hydrogens (primary N) is 1. The van der Waals surface area contributed by atoms with Crippen molar-refractivity contribution in [3.63, 3.8) is 0 Å². The number of nitrogen functional groups attached to an aromatic ring is 1. The molecule has 3 rings (SSSR count). The maximum absolute atomic E-state index is 5.81. The van der Waals surface area contributed by atoms with Gasteiger partial charge in [0.15, 0.2) is 0 Å². The first kappa shape index (κ1) is 11.6. The number of aromatic amines is 1. The molecule has 0 amide bonds. The Morgan fingerprint density at radius 2 is 1.83 bits per heavy atom. The van der Waals surface area contributed by atoms with Crippen LogP contribution in [0.25, 0.3) is 10.9 Å². The molecule has 3 heteroatoms. The second kappa shape index (κ2) is 5.02. The maximum Gasteiger partial charge on any atom is 0.0477 e. The van der Waals surface area contributed by atoms with E-state index in [9.17, 15) is 0 Å². The van der Waals surface area contributed by atoms with Crippen molar-refractivity contribution in [3.05, 3.63) is 30.0 Å². The van der Waals surface area contributed by atoms with Crippen molar-refractivity contribution >= 4 is 16.6 Å². The number of likely N-dealkylation sites (tertiary alicyclic amines) is 1. The highest BCUT2D eigenvalue weighted by molar-refractivity contribution is 5.83. The van der Waals surface area contributed by atoms with Gasteiger partial charge in [0.1, 0.15) is 0 Å². The van der Waals surface area contributed by atoms with Gasteiger partial charge in [-0.3, -0.25) is 4.90 Å². The lowest BCUT2D eigenvalue weighted by molar-refractivity contribution is 0.274. The molecule has 96 valence electrons. The minimum atomic E-state index is 0.825. The van der Waals surface area contributed by atoms with E-state index >= 15 is 0 Å². The lowest BCUT2D eigenvalue weighted by atomic mass is 10.2. The SMILES string of the molecule is Nc1ccc2cc(CN3CCCCCC3)[nH]c2c1. The fraction of sp³-hybridized carbons (Fsp3) is 0.467. The second-order valence-electron chi connectivity index (χ2n) is 5.33. The number of fused-ring (bicyclic) bond motifs is 1. The van der Waals surface area contributed by atoms with E-state index in [-0.39, 0.29) is 0 Å². The Labute approximate surface area is 108 Å². The molecule has 0 spiro atoms. The van der Waals surface area contributed by atoms with Gasteiger partial charge in [0.05, 0.1) is 0 Å². The molecular formula is C15H21N3. The van der Waals surface area contributed by atoms with E-state index in [1.54, 1.807) is 0 Å². The zero-order valence-corrected chi connectivity index (χ0v) is 10.8. The molecule has 0 unspecified atom stereocenters. The minimum absolute atomic E-state index is 0.825. The molecule has 3 nitrogen and oxygen atoms in total. The fourth-order valence-corrected chi connectivity index (χ4v) is 2.83. The Hall–Kier alpha value is -1.48. The molecule has 0 bridgehead atoms. The van der Waals surface area contributed by atoms with E-state index in [4.69, 9.17) is 5.73 Å². The smallest absolute Gasteiger partial charge is 0.0477 e. The zero-order chi connectivity index (χ0) is 12.4. The summed E-state index contributed by atoms with van der Waals surface area (Å²) in [5.74, 6) is 0. The van der Waals surface area contributed by atoms with Crippen molar-refractivity contribution in [3.8, 4) is 0 Å². The van der Waals surface area contributed by atoms with Crippen LogP contribution in [0.2, 0.25) is 0 Å². The molecule has 0 saturated carbocycles. The topological polar surface area (TPSA) is 45.0 Å². The standard InChI is InChI=1S/C15H21N3/c16-13-6-5-12-9-14(17-15(12)10-13)11-18-7-3-1-2-4-8-18/h5-6,9-10,17H,1-4,7-8,11,16H2. The quantitative estimate of drug-likeness (QED) is 0.796. The number of aromatic nitrogens is 1. The number of hydrogen-bond donors (Lipinski definition) is 2. The summed E-state index contributed by atoms with van der Waals surface area (Å²) < 4.78 is 0. The van der Waals surface area contributed by atoms with Gasteiger partial charge >= 0.3 is 0 Å². The zero-order valence-electron chi connectivity index (χ0n) is 10.8. The molecule has 3 N–H and O–H groups in total. The first-order chi connectivity index (χ1) is 8.81. The Kier molecular flexibility index (Phi) is 3.24. The predicted molar refractivity (Wildman–Crippen MR) is 76.5 cm³/mol. The highest BCUT2D eigenvalue weighted by atomic mass is 15.1. The highest BCUT2D eigenvalue weighted by Crippen LogP contribution is 2.20. The van der Waals surface area contributed by atoms with Gasteiger partial charge in [-0.2, -0.15) is 0 Å². The van der Waals surface area contributed by atoms with Gasteiger partial charge in [0.25, 0.3) is 0 Å². The van der Waals surface area contributed by atoms with Crippen molar-refractivity contribution in [2.45, 2.75) is 32.2 Å². The van der Waals surface area contributed by atoms with E-state index in [0.29, 0.717) is 0 Å². The van der Waals surface area contributed by atoms with Crippen molar-refractivity contribution < 1.29 is 0 Å². The minimum Gasteiger partial charge on any atom is -0.399 e. The molecule has 2 aromatic rings. The summed E-state index contributed by atoms with van der Waals surface area (Å²) in [6.07, 6.45) is 5.46. The van der Waals surface area contributed by atoms with Crippen LogP contribution in [-0.2, 0) is 6.54 Å². The predicted octanol–water partition coefficient (Wildman–Crippen LogP) is 3.13. The van der Waals surface area contributed by atoms with Crippen LogP contribution in [0.15, 0.2) is 24.3 Å². The summed E-state index contributed by atoms with van der Waals surface area (Å²) in [5, 5.41) is 1.26. The van der Waals surface area contributed by atoms with Crippen LogP contribution in [-0.4, -0.2) is 23.0 Å². The summed E-state index contributed by atoms with van der Waals surface area (Å²) in [5.41, 5.74) is 9.09. The lowest BCUT2D eigenvalue weighted by Crippen LogP contribution is -2.24. The molecule has 1 saturated heterocycles. The van der Waals surface area contributed by atoms with E-state index in [1.165, 1.54) is 49.9 Å². The maximum atomic E-state index is 5.81. The molecule has 2 heterocycles. The van der Waals surface area contributed by atoms with Gasteiger partial charge in [-0.1, -0.05) is 18.9 Å². The molecule has 1 aromatic carbocycles. The van der Waals surface area contributed by atoms with Crippen molar-refractivity contribution in [2.75, 3.05) is 18.8 Å². The van der Waals surface area contributed by atoms with E-state index in [0.717, 1.165) is 17.7 Å². The number of hydrogen-bond acceptors (Lipinski definition) is 2. The number of benzene rings is 1. The first-order valence-electron chi connectivity index (χ1n) is 6.91. The highest BCUT2D eigenvalue weighted by Gasteiger charge is 2.10. The Balaban J connectivity index is 1.77. The fourth-order valence-electron chi connectivity index (χ4n) is 2.83. The average molecular weight is 243 g/mol. The van der Waals surface area contributed by atoms with Gasteiger partial charge in [-0.05, 0) is 49.5 Å². The average Bonchev–Trinajstić information content (AvgIpc) is 2.57. The van der Waals surface area contributed by atoms with Crippen LogP contribution in [0.3, 0.4) is 0 Å². The monoisotopic (exact) mass is 243 g/mol. The third-order valence-electron chi connectivity index (χ3n) is 3.79. The second-order valence-corrected chi connectivity index (χ2v) is 5.33. The van der Waals surface area contributed by atoms with Crippen LogP contribution in [0.5, 0.6) is 0 Å². The summed E-state index contributed by atoms with van der Waals surface area (Å²) in [6.45, 7) is 3.50. The molecule has 0 aliphatic carbocycles. The lowest BCUT2D eigenvalue weighted by Gasteiger charge is -2.18. The van der Waals surface area contributed by atoms with Gasteiger partial charge in [-0.25, -0.2) is 0 Å². The van der Waals surface area contributed by atoms with Crippen LogP contribution in [0, 0.1) is 0 Å². The molecule has 1 aromatic heterocycles. The first-order valence-corrected chi connectivity index (χ1v) is 6.91. The van der Waals surface area contributed by atoms with E-state index in [2.05, 4.69) is 22.0 Å². The summed E-state index contributed by atoms with van der Waals surface area (Å²) >= 11 is 0. The molecule has 1 aliphatic heterocycles. The Morgan fingerprint density at radius 1 is 1.06 bits per heavy atom. The van der Waals surface area contributed by atoms with Gasteiger partial charge < -0.3 is 10.7 Å². The van der Waals surface area contributed by atoms with Gasteiger partial charge in [0.2, 0.25) is 0 Å². The van der Waals surface area contributed by atoms with Gasteiger partial charge in [-0.15, -0.1) is 0 Å². The summed E-state index contributed by atoms with van der Waals surface area (Å²) in [7, 11) is 0. The molecule has 1 fully saturated rings. The Bertz CT molecular complexity index is 522. The van der Waals surface area contributed by atoms with Gasteiger partial charge in [0, 0.05) is 23.4 Å². The van der Waals surface area contributed by atoms with Crippen molar-refractivity contribution in [1.29, 1.82) is 0 Å². The molecule has 0 radical (unpaired) electrons. The number of nitrogens with one attached hydrogen (secondary N) is 1. The van der Waals surface area contributed by atoms with Crippen molar-refractivity contribution in [1.82, 2.24) is 9.88 Å². The van der Waals surface area contributed by atoms with Crippen LogP contribution < -0.4 is 5.73 Å². The van der Waals surface area contributed by atoms with E-state index < -0.39 is 0 Å². The van der Waals surface area contributed by atoms with E-state index in [1.807, 2.05) is 12.1 Å². The molecule has 1 aliphatic rings. The number of anilines is 1. The third kappa shape index (κ3) is 2.51. The van der Waals surface area contributed by atoms with Crippen LogP contribution >= 0.6 is 0 Å². The molecule has 18 heavy (non-hydrogen) atoms. The number of nitrogens with zero attached hydrogens (tertiary/aromatic N) is 1.